The average molecular weight is 376 g/mol. The van der Waals surface area contributed by atoms with Gasteiger partial charge in [0.05, 0.1) is 6.26 Å². The molecule has 1 aromatic carbocycles. The Hall–Kier alpha value is -2.42. The highest BCUT2D eigenvalue weighted by Gasteiger charge is 2.15. The predicted molar refractivity (Wildman–Crippen MR) is 96.2 cm³/mol. The largest absolute Gasteiger partial charge is 0.459 e. The molecule has 0 saturated carbocycles. The number of amides is 1. The van der Waals surface area contributed by atoms with Crippen LogP contribution >= 0.6 is 11.3 Å². The highest BCUT2D eigenvalue weighted by atomic mass is 32.2. The molecule has 1 amide bonds. The van der Waals surface area contributed by atoms with Crippen molar-refractivity contribution < 1.29 is 17.6 Å². The molecule has 3 aromatic rings. The van der Waals surface area contributed by atoms with Crippen LogP contribution in [0.2, 0.25) is 0 Å². The second-order valence-electron chi connectivity index (χ2n) is 5.32. The van der Waals surface area contributed by atoms with Crippen molar-refractivity contribution >= 4 is 33.0 Å². The number of rotatable bonds is 6. The summed E-state index contributed by atoms with van der Waals surface area (Å²) in [5.74, 6) is -0.116. The number of hydrogen-bond donors (Lipinski definition) is 2. The first-order valence-electron chi connectivity index (χ1n) is 7.44. The zero-order valence-corrected chi connectivity index (χ0v) is 15.0. The van der Waals surface area contributed by atoms with Gasteiger partial charge < -0.3 is 9.73 Å². The monoisotopic (exact) mass is 376 g/mol. The Morgan fingerprint density at radius 3 is 2.48 bits per heavy atom. The summed E-state index contributed by atoms with van der Waals surface area (Å²) < 4.78 is 32.3. The molecule has 0 spiro atoms. The number of aryl methyl sites for hydroxylation is 1. The molecule has 0 fully saturated rings. The van der Waals surface area contributed by atoms with Crippen molar-refractivity contribution in [1.29, 1.82) is 0 Å². The first kappa shape index (κ1) is 17.4. The van der Waals surface area contributed by atoms with Crippen LogP contribution in [0.3, 0.4) is 0 Å². The van der Waals surface area contributed by atoms with E-state index in [1.807, 2.05) is 6.92 Å². The van der Waals surface area contributed by atoms with Gasteiger partial charge in [-0.3, -0.25) is 4.79 Å². The van der Waals surface area contributed by atoms with Crippen LogP contribution in [-0.4, -0.2) is 14.3 Å². The van der Waals surface area contributed by atoms with E-state index in [0.717, 1.165) is 10.4 Å². The van der Waals surface area contributed by atoms with Crippen LogP contribution in [0.5, 0.6) is 0 Å². The van der Waals surface area contributed by atoms with Gasteiger partial charge in [0.1, 0.15) is 4.21 Å². The van der Waals surface area contributed by atoms with E-state index < -0.39 is 10.0 Å². The maximum atomic E-state index is 12.2. The molecule has 3 rings (SSSR count). The maximum Gasteiger partial charge on any atom is 0.291 e. The number of furan rings is 1. The predicted octanol–water partition coefficient (Wildman–Crippen LogP) is 3.38. The summed E-state index contributed by atoms with van der Waals surface area (Å²) in [7, 11) is -3.51. The van der Waals surface area contributed by atoms with Gasteiger partial charge in [0, 0.05) is 17.1 Å². The van der Waals surface area contributed by atoms with Gasteiger partial charge in [0.25, 0.3) is 5.91 Å². The summed E-state index contributed by atoms with van der Waals surface area (Å²) in [6.45, 7) is 2.03. The molecule has 8 heteroatoms. The van der Waals surface area contributed by atoms with Crippen molar-refractivity contribution in [3.63, 3.8) is 0 Å². The molecule has 0 aliphatic carbocycles. The fraction of sp³-hybridized carbons (Fsp3) is 0.118. The van der Waals surface area contributed by atoms with Crippen LogP contribution in [0.1, 0.15) is 21.0 Å². The van der Waals surface area contributed by atoms with Gasteiger partial charge >= 0.3 is 0 Å². The molecule has 0 aliphatic heterocycles. The first-order valence-corrected chi connectivity index (χ1v) is 9.74. The van der Waals surface area contributed by atoms with Crippen LogP contribution in [0.4, 0.5) is 5.69 Å². The maximum absolute atomic E-state index is 12.2. The van der Waals surface area contributed by atoms with E-state index in [-0.39, 0.29) is 18.2 Å². The molecule has 0 saturated heterocycles. The lowest BCUT2D eigenvalue weighted by Gasteiger charge is -2.07. The second-order valence-corrected chi connectivity index (χ2v) is 8.60. The lowest BCUT2D eigenvalue weighted by molar-refractivity contribution is 0.0996. The molecule has 2 N–H and O–H groups in total. The Bertz CT molecular complexity index is 959. The third-order valence-corrected chi connectivity index (χ3v) is 6.30. The molecule has 0 bridgehead atoms. The van der Waals surface area contributed by atoms with Gasteiger partial charge in [-0.25, -0.2) is 13.1 Å². The summed E-state index contributed by atoms with van der Waals surface area (Å²) in [6, 6.07) is 13.5. The average Bonchev–Trinajstić information content (AvgIpc) is 3.26. The highest BCUT2D eigenvalue weighted by Crippen LogP contribution is 2.20. The molecule has 2 heterocycles. The molecular formula is C17H16N2O4S2. The van der Waals surface area contributed by atoms with E-state index in [0.29, 0.717) is 9.90 Å². The summed E-state index contributed by atoms with van der Waals surface area (Å²) in [5, 5.41) is 2.70. The van der Waals surface area contributed by atoms with Gasteiger partial charge in [0.2, 0.25) is 10.0 Å². The van der Waals surface area contributed by atoms with E-state index >= 15 is 0 Å². The van der Waals surface area contributed by atoms with E-state index in [4.69, 9.17) is 4.42 Å². The Kier molecular flexibility index (Phi) is 5.03. The summed E-state index contributed by atoms with van der Waals surface area (Å²) in [6.07, 6.45) is 1.43. The quantitative estimate of drug-likeness (QED) is 0.690. The number of hydrogen-bond acceptors (Lipinski definition) is 5. The molecule has 0 radical (unpaired) electrons. The standard InChI is InChI=1S/C17H16N2O4S2/c1-12-4-9-16(24-12)25(21,22)18-11-13-5-7-14(8-6-13)19-17(20)15-3-2-10-23-15/h2-10,18H,11H2,1H3,(H,19,20). The fourth-order valence-corrected chi connectivity index (χ4v) is 4.46. The molecule has 2 aromatic heterocycles. The first-order chi connectivity index (χ1) is 11.9. The fourth-order valence-electron chi connectivity index (χ4n) is 2.11. The Balaban J connectivity index is 1.60. The van der Waals surface area contributed by atoms with Crippen molar-refractivity contribution in [3.05, 3.63) is 71.0 Å². The van der Waals surface area contributed by atoms with E-state index in [1.165, 1.54) is 17.6 Å². The number of nitrogens with one attached hydrogen (secondary N) is 2. The highest BCUT2D eigenvalue weighted by molar-refractivity contribution is 7.91. The summed E-state index contributed by atoms with van der Waals surface area (Å²) >= 11 is 1.23. The number of carbonyl (C=O) groups is 1. The molecule has 6 nitrogen and oxygen atoms in total. The Labute approximate surface area is 149 Å². The van der Waals surface area contributed by atoms with Crippen LogP contribution < -0.4 is 10.0 Å². The lowest BCUT2D eigenvalue weighted by Crippen LogP contribution is -2.22. The van der Waals surface area contributed by atoms with Crippen molar-refractivity contribution in [1.82, 2.24) is 4.72 Å². The lowest BCUT2D eigenvalue weighted by atomic mass is 10.2. The van der Waals surface area contributed by atoms with E-state index in [1.54, 1.807) is 48.5 Å². The van der Waals surface area contributed by atoms with Crippen molar-refractivity contribution in [2.24, 2.45) is 0 Å². The van der Waals surface area contributed by atoms with Crippen LogP contribution in [-0.2, 0) is 16.6 Å². The molecule has 130 valence electrons. The van der Waals surface area contributed by atoms with Gasteiger partial charge in [0.15, 0.2) is 5.76 Å². The van der Waals surface area contributed by atoms with Crippen LogP contribution in [0.25, 0.3) is 0 Å². The zero-order chi connectivity index (χ0) is 17.9. The third kappa shape index (κ3) is 4.36. The minimum absolute atomic E-state index is 0.172. The number of thiophene rings is 1. The number of benzene rings is 1. The van der Waals surface area contributed by atoms with Crippen molar-refractivity contribution in [2.45, 2.75) is 17.7 Å². The Morgan fingerprint density at radius 1 is 1.12 bits per heavy atom. The number of anilines is 1. The van der Waals surface area contributed by atoms with Crippen LogP contribution in [0.15, 0.2) is 63.4 Å². The van der Waals surface area contributed by atoms with E-state index in [9.17, 15) is 13.2 Å². The van der Waals surface area contributed by atoms with Crippen molar-refractivity contribution in [2.75, 3.05) is 5.32 Å². The SMILES string of the molecule is Cc1ccc(S(=O)(=O)NCc2ccc(NC(=O)c3ccco3)cc2)s1. The third-order valence-electron chi connectivity index (χ3n) is 3.40. The molecular weight excluding hydrogens is 360 g/mol. The van der Waals surface area contributed by atoms with Gasteiger partial charge in [-0.2, -0.15) is 0 Å². The number of sulfonamides is 1. The second kappa shape index (κ2) is 7.22. The molecule has 0 aliphatic rings. The minimum Gasteiger partial charge on any atom is -0.459 e. The van der Waals surface area contributed by atoms with Gasteiger partial charge in [-0.15, -0.1) is 11.3 Å². The van der Waals surface area contributed by atoms with E-state index in [2.05, 4.69) is 10.0 Å². The minimum atomic E-state index is -3.51. The topological polar surface area (TPSA) is 88.4 Å². The van der Waals surface area contributed by atoms with Gasteiger partial charge in [-0.05, 0) is 48.9 Å². The number of carbonyl (C=O) groups excluding carboxylic acids is 1. The van der Waals surface area contributed by atoms with Crippen molar-refractivity contribution in [3.8, 4) is 0 Å². The summed E-state index contributed by atoms with van der Waals surface area (Å²) in [4.78, 5) is 12.8. The summed E-state index contributed by atoms with van der Waals surface area (Å²) in [5.41, 5.74) is 1.38. The molecule has 0 atom stereocenters. The normalized spacial score (nSPS) is 11.4. The zero-order valence-electron chi connectivity index (χ0n) is 13.4. The molecule has 25 heavy (non-hydrogen) atoms. The van der Waals surface area contributed by atoms with Crippen LogP contribution in [0, 0.1) is 6.92 Å². The Morgan fingerprint density at radius 2 is 1.88 bits per heavy atom. The van der Waals surface area contributed by atoms with Gasteiger partial charge in [-0.1, -0.05) is 12.1 Å². The molecule has 0 unspecified atom stereocenters. The smallest absolute Gasteiger partial charge is 0.291 e.